The smallest absolute Gasteiger partial charge is 0.363 e. The number of esters is 1. The van der Waals surface area contributed by atoms with Crippen molar-refractivity contribution >= 4 is 39.6 Å². The molecule has 1 aliphatic rings. The fourth-order valence-corrected chi connectivity index (χ4v) is 2.76. The molecule has 0 fully saturated rings. The van der Waals surface area contributed by atoms with Crippen molar-refractivity contribution in [2.75, 3.05) is 7.11 Å². The number of ether oxygens (including phenoxy) is 2. The Morgan fingerprint density at radius 2 is 2.08 bits per heavy atom. The summed E-state index contributed by atoms with van der Waals surface area (Å²) in [5, 5.41) is 10.8. The third kappa shape index (κ3) is 3.58. The first kappa shape index (κ1) is 16.8. The maximum atomic E-state index is 12.0. The van der Waals surface area contributed by atoms with Crippen LogP contribution in [0.4, 0.5) is 5.69 Å². The molecule has 0 N–H and O–H groups in total. The Balaban J connectivity index is 1.93. The molecule has 126 valence electrons. The van der Waals surface area contributed by atoms with Gasteiger partial charge in [0.2, 0.25) is 5.90 Å². The van der Waals surface area contributed by atoms with Gasteiger partial charge in [0.05, 0.1) is 16.5 Å². The number of benzene rings is 2. The molecule has 8 heteroatoms. The van der Waals surface area contributed by atoms with Crippen LogP contribution in [0.1, 0.15) is 11.1 Å². The first-order valence-electron chi connectivity index (χ1n) is 7.09. The summed E-state index contributed by atoms with van der Waals surface area (Å²) in [7, 11) is 1.55. The molecule has 0 atom stereocenters. The molecule has 0 bridgehead atoms. The molecule has 2 aromatic carbocycles. The fourth-order valence-electron chi connectivity index (χ4n) is 2.22. The van der Waals surface area contributed by atoms with E-state index in [1.807, 2.05) is 0 Å². The third-order valence-corrected chi connectivity index (χ3v) is 4.02. The van der Waals surface area contributed by atoms with E-state index in [0.29, 0.717) is 21.3 Å². The number of aliphatic imine (C=N–C) groups is 1. The zero-order valence-electron chi connectivity index (χ0n) is 12.9. The van der Waals surface area contributed by atoms with E-state index < -0.39 is 10.9 Å². The average Bonchev–Trinajstić information content (AvgIpc) is 2.96. The molecule has 0 saturated heterocycles. The molecule has 0 amide bonds. The van der Waals surface area contributed by atoms with Crippen LogP contribution in [0.5, 0.6) is 5.75 Å². The summed E-state index contributed by atoms with van der Waals surface area (Å²) in [6, 6.07) is 11.1. The summed E-state index contributed by atoms with van der Waals surface area (Å²) >= 11 is 3.36. The SMILES string of the molecule is COc1ccc(C2=N/C(=C\c3cccc([N+](=O)[O-])c3)C(=O)O2)cc1Br. The Labute approximate surface area is 150 Å². The van der Waals surface area contributed by atoms with Gasteiger partial charge in [-0.15, -0.1) is 0 Å². The lowest BCUT2D eigenvalue weighted by Crippen LogP contribution is -2.05. The van der Waals surface area contributed by atoms with Crippen molar-refractivity contribution in [2.45, 2.75) is 0 Å². The van der Waals surface area contributed by atoms with Crippen LogP contribution in [0.25, 0.3) is 6.08 Å². The van der Waals surface area contributed by atoms with Crippen LogP contribution in [-0.4, -0.2) is 23.9 Å². The lowest BCUT2D eigenvalue weighted by Gasteiger charge is -2.05. The Kier molecular flexibility index (Phi) is 4.62. The molecular weight excluding hydrogens is 392 g/mol. The number of halogens is 1. The number of carbonyl (C=O) groups excluding carboxylic acids is 1. The lowest BCUT2D eigenvalue weighted by atomic mass is 10.1. The third-order valence-electron chi connectivity index (χ3n) is 3.40. The number of methoxy groups -OCH3 is 1. The molecule has 0 saturated carbocycles. The minimum Gasteiger partial charge on any atom is -0.496 e. The molecule has 0 aromatic heterocycles. The molecule has 0 spiro atoms. The van der Waals surface area contributed by atoms with Gasteiger partial charge < -0.3 is 9.47 Å². The maximum Gasteiger partial charge on any atom is 0.363 e. The van der Waals surface area contributed by atoms with E-state index in [1.54, 1.807) is 31.4 Å². The van der Waals surface area contributed by atoms with Crippen LogP contribution >= 0.6 is 15.9 Å². The molecule has 3 rings (SSSR count). The average molecular weight is 403 g/mol. The first-order valence-corrected chi connectivity index (χ1v) is 7.88. The van der Waals surface area contributed by atoms with Crippen LogP contribution < -0.4 is 4.74 Å². The van der Waals surface area contributed by atoms with Crippen molar-refractivity contribution in [3.63, 3.8) is 0 Å². The standard InChI is InChI=1S/C17H11BrN2O5/c1-24-15-6-5-11(9-13(15)18)16-19-14(17(21)25-16)8-10-3-2-4-12(7-10)20(22)23/h2-9H,1H3/b14-8-. The number of non-ortho nitro benzene ring substituents is 1. The van der Waals surface area contributed by atoms with Crippen LogP contribution in [0.2, 0.25) is 0 Å². The molecular formula is C17H11BrN2O5. The Morgan fingerprint density at radius 3 is 2.76 bits per heavy atom. The molecule has 1 heterocycles. The predicted octanol–water partition coefficient (Wildman–Crippen LogP) is 3.71. The van der Waals surface area contributed by atoms with Gasteiger partial charge in [-0.1, -0.05) is 12.1 Å². The molecule has 25 heavy (non-hydrogen) atoms. The highest BCUT2D eigenvalue weighted by molar-refractivity contribution is 9.10. The van der Waals surface area contributed by atoms with Gasteiger partial charge in [0.25, 0.3) is 5.69 Å². The van der Waals surface area contributed by atoms with Crippen LogP contribution in [-0.2, 0) is 9.53 Å². The number of nitro groups is 1. The summed E-state index contributed by atoms with van der Waals surface area (Å²) in [6.07, 6.45) is 1.45. The van der Waals surface area contributed by atoms with Gasteiger partial charge in [0.1, 0.15) is 5.75 Å². The molecule has 2 aromatic rings. The van der Waals surface area contributed by atoms with Crippen molar-refractivity contribution < 1.29 is 19.2 Å². The van der Waals surface area contributed by atoms with E-state index in [9.17, 15) is 14.9 Å². The second-order valence-corrected chi connectivity index (χ2v) is 5.89. The maximum absolute atomic E-state index is 12.0. The molecule has 0 radical (unpaired) electrons. The van der Waals surface area contributed by atoms with Crippen LogP contribution in [0, 0.1) is 10.1 Å². The Hall–Kier alpha value is -3.00. The number of hydrogen-bond acceptors (Lipinski definition) is 6. The van der Waals surface area contributed by atoms with E-state index in [2.05, 4.69) is 20.9 Å². The van der Waals surface area contributed by atoms with E-state index in [0.717, 1.165) is 0 Å². The lowest BCUT2D eigenvalue weighted by molar-refractivity contribution is -0.384. The largest absolute Gasteiger partial charge is 0.496 e. The van der Waals surface area contributed by atoms with Gasteiger partial charge in [-0.25, -0.2) is 9.79 Å². The number of hydrogen-bond donors (Lipinski definition) is 0. The second kappa shape index (κ2) is 6.86. The molecule has 7 nitrogen and oxygen atoms in total. The van der Waals surface area contributed by atoms with Crippen molar-refractivity contribution in [1.82, 2.24) is 0 Å². The summed E-state index contributed by atoms with van der Waals surface area (Å²) in [4.78, 5) is 26.5. The van der Waals surface area contributed by atoms with Gasteiger partial charge >= 0.3 is 5.97 Å². The number of nitrogens with zero attached hydrogens (tertiary/aromatic N) is 2. The minimum atomic E-state index is -0.617. The second-order valence-electron chi connectivity index (χ2n) is 5.04. The minimum absolute atomic E-state index is 0.0657. The number of cyclic esters (lactones) is 1. The van der Waals surface area contributed by atoms with Crippen molar-refractivity contribution in [2.24, 2.45) is 4.99 Å². The van der Waals surface area contributed by atoms with E-state index in [1.165, 1.54) is 24.3 Å². The summed E-state index contributed by atoms with van der Waals surface area (Å²) in [5.74, 6) is 0.180. The molecule has 0 unspecified atom stereocenters. The van der Waals surface area contributed by atoms with E-state index in [4.69, 9.17) is 9.47 Å². The number of rotatable bonds is 4. The van der Waals surface area contributed by atoms with Gasteiger partial charge in [-0.2, -0.15) is 0 Å². The van der Waals surface area contributed by atoms with Gasteiger partial charge in [-0.05, 0) is 45.8 Å². The Bertz CT molecular complexity index is 936. The summed E-state index contributed by atoms with van der Waals surface area (Å²) < 4.78 is 11.0. The summed E-state index contributed by atoms with van der Waals surface area (Å²) in [5.41, 5.74) is 1.09. The molecule has 1 aliphatic heterocycles. The van der Waals surface area contributed by atoms with Gasteiger partial charge in [0.15, 0.2) is 5.70 Å². The van der Waals surface area contributed by atoms with Crippen LogP contribution in [0.15, 0.2) is 57.6 Å². The quantitative estimate of drug-likeness (QED) is 0.336. The van der Waals surface area contributed by atoms with Gasteiger partial charge in [-0.3, -0.25) is 10.1 Å². The predicted molar refractivity (Wildman–Crippen MR) is 94.4 cm³/mol. The van der Waals surface area contributed by atoms with E-state index in [-0.39, 0.29) is 17.3 Å². The van der Waals surface area contributed by atoms with Crippen molar-refractivity contribution in [3.8, 4) is 5.75 Å². The van der Waals surface area contributed by atoms with Crippen molar-refractivity contribution in [3.05, 3.63) is 73.9 Å². The number of nitro benzene ring substituents is 1. The highest BCUT2D eigenvalue weighted by Crippen LogP contribution is 2.28. The topological polar surface area (TPSA) is 91.0 Å². The van der Waals surface area contributed by atoms with Crippen molar-refractivity contribution in [1.29, 1.82) is 0 Å². The highest BCUT2D eigenvalue weighted by atomic mass is 79.9. The summed E-state index contributed by atoms with van der Waals surface area (Å²) in [6.45, 7) is 0. The fraction of sp³-hybridized carbons (Fsp3) is 0.0588. The van der Waals surface area contributed by atoms with E-state index >= 15 is 0 Å². The molecule has 0 aliphatic carbocycles. The Morgan fingerprint density at radius 1 is 1.28 bits per heavy atom. The van der Waals surface area contributed by atoms with Crippen LogP contribution in [0.3, 0.4) is 0 Å². The normalized spacial score (nSPS) is 15.0. The first-order chi connectivity index (χ1) is 12.0. The monoisotopic (exact) mass is 402 g/mol. The highest BCUT2D eigenvalue weighted by Gasteiger charge is 2.24. The zero-order chi connectivity index (χ0) is 18.0. The zero-order valence-corrected chi connectivity index (χ0v) is 14.5. The van der Waals surface area contributed by atoms with Gasteiger partial charge in [0, 0.05) is 17.7 Å². The number of carbonyl (C=O) groups is 1.